The molecular weight excluding hydrogens is 860 g/mol. The lowest BCUT2D eigenvalue weighted by atomic mass is 9.40. The molecule has 0 N–H and O–H groups in total. The Kier molecular flexibility index (Phi) is 8.83. The maximum Gasteiger partial charge on any atom is 0.329 e. The lowest BCUT2D eigenvalue weighted by Gasteiger charge is -2.43. The molecule has 356 valence electrons. The summed E-state index contributed by atoms with van der Waals surface area (Å²) in [6, 6.07) is 47.6. The molecule has 0 atom stereocenters. The fourth-order valence-corrected chi connectivity index (χ4v) is 13.6. The highest BCUT2D eigenvalue weighted by atomic mass is 16.3. The SMILES string of the molecule is CC(C)(C)c1ccc(N2C3=C(B4c5c2cc2c(oc6ccccc62)c5-c2cc(C(C)(C)C)cc5c6cc(C(C)(C)C)ccc6n4c25)C(C)(C)c2cc4c(cc23)C(C)(C)CCC4(C)C)c(-c2ccccc2)c1. The van der Waals surface area contributed by atoms with Gasteiger partial charge in [0.25, 0.3) is 0 Å². The summed E-state index contributed by atoms with van der Waals surface area (Å²) in [4.78, 5) is 2.75. The standard InChI is InChI=1S/C67H69BN2O/c1-62(2,3)39-25-27-52(43(31-39)38-21-17-16-18-22-38)69-54-36-46-42-23-19-20-24-55(42)71-60(46)56-48-34-41(64(7,8)9)33-45-44-32-40(63(4,5)6)26-28-53(44)70(58(45)48)68(57(54)56)61-59(69)47-35-50-51(37-49(47)67(61,14)15)66(12,13)30-29-65(50,10)11/h16-28,31-37H,29-30H2,1-15H3. The predicted molar refractivity (Wildman–Crippen MR) is 305 cm³/mol. The molecule has 9 aromatic rings. The number of furan rings is 1. The van der Waals surface area contributed by atoms with Gasteiger partial charge in [0.2, 0.25) is 0 Å². The Labute approximate surface area is 422 Å². The van der Waals surface area contributed by atoms with Crippen LogP contribution in [0.3, 0.4) is 0 Å². The highest BCUT2D eigenvalue weighted by molar-refractivity contribution is 6.86. The summed E-state index contributed by atoms with van der Waals surface area (Å²) in [7, 11) is 0. The summed E-state index contributed by atoms with van der Waals surface area (Å²) in [5.74, 6) is 0. The van der Waals surface area contributed by atoms with E-state index in [4.69, 9.17) is 4.42 Å². The molecule has 3 nitrogen and oxygen atoms in total. The molecule has 2 aliphatic carbocycles. The Bertz CT molecular complexity index is 3850. The maximum atomic E-state index is 7.31. The van der Waals surface area contributed by atoms with Crippen LogP contribution >= 0.6 is 0 Å². The molecule has 0 fully saturated rings. The van der Waals surface area contributed by atoms with E-state index in [1.165, 1.54) is 117 Å². The zero-order chi connectivity index (χ0) is 49.9. The van der Waals surface area contributed by atoms with Crippen molar-refractivity contribution in [3.05, 3.63) is 166 Å². The molecule has 0 amide bonds. The van der Waals surface area contributed by atoms with Gasteiger partial charge in [0, 0.05) is 71.6 Å². The molecule has 71 heavy (non-hydrogen) atoms. The topological polar surface area (TPSA) is 21.3 Å². The average molecular weight is 929 g/mol. The quantitative estimate of drug-likeness (QED) is 0.161. The van der Waals surface area contributed by atoms with Crippen LogP contribution in [0.2, 0.25) is 0 Å². The van der Waals surface area contributed by atoms with Gasteiger partial charge in [-0.15, -0.1) is 0 Å². The summed E-state index contributed by atoms with van der Waals surface area (Å²) in [5, 5.41) is 4.97. The highest BCUT2D eigenvalue weighted by Gasteiger charge is 2.55. The smallest absolute Gasteiger partial charge is 0.329 e. The van der Waals surface area contributed by atoms with E-state index in [0.29, 0.717) is 0 Å². The molecule has 13 rings (SSSR count). The van der Waals surface area contributed by atoms with E-state index in [9.17, 15) is 0 Å². The molecule has 0 bridgehead atoms. The second-order valence-electron chi connectivity index (χ2n) is 26.9. The van der Waals surface area contributed by atoms with Crippen molar-refractivity contribution in [3.63, 3.8) is 0 Å². The van der Waals surface area contributed by atoms with Crippen molar-refractivity contribution in [1.82, 2.24) is 4.48 Å². The van der Waals surface area contributed by atoms with Crippen LogP contribution < -0.4 is 10.4 Å². The Morgan fingerprint density at radius 1 is 0.507 bits per heavy atom. The van der Waals surface area contributed by atoms with Gasteiger partial charge >= 0.3 is 6.85 Å². The number of rotatable bonds is 2. The number of hydrogen-bond acceptors (Lipinski definition) is 2. The first-order valence-electron chi connectivity index (χ1n) is 26.4. The van der Waals surface area contributed by atoms with Gasteiger partial charge in [-0.05, 0) is 144 Å². The Balaban J connectivity index is 1.27. The number of para-hydroxylation sites is 1. The van der Waals surface area contributed by atoms with Crippen LogP contribution in [0, 0.1) is 0 Å². The predicted octanol–water partition coefficient (Wildman–Crippen LogP) is 17.7. The Hall–Kier alpha value is -6.26. The van der Waals surface area contributed by atoms with E-state index in [1.54, 1.807) is 0 Å². The molecule has 4 aliphatic rings. The first-order chi connectivity index (χ1) is 33.4. The van der Waals surface area contributed by atoms with E-state index in [1.807, 2.05) is 0 Å². The second-order valence-corrected chi connectivity index (χ2v) is 26.9. The molecule has 0 saturated heterocycles. The third-order valence-electron chi connectivity index (χ3n) is 17.9. The lowest BCUT2D eigenvalue weighted by molar-refractivity contribution is 0.331. The molecule has 4 heteroatoms. The van der Waals surface area contributed by atoms with Gasteiger partial charge in [-0.25, -0.2) is 0 Å². The van der Waals surface area contributed by atoms with Crippen LogP contribution in [-0.4, -0.2) is 11.3 Å². The van der Waals surface area contributed by atoms with Crippen LogP contribution in [0.5, 0.6) is 0 Å². The number of nitrogens with zero attached hydrogens (tertiary/aromatic N) is 2. The molecule has 0 radical (unpaired) electrons. The zero-order valence-corrected chi connectivity index (χ0v) is 44.8. The lowest BCUT2D eigenvalue weighted by Crippen LogP contribution is -2.52. The first kappa shape index (κ1) is 44.7. The van der Waals surface area contributed by atoms with Gasteiger partial charge in [0.05, 0.1) is 5.69 Å². The van der Waals surface area contributed by atoms with Crippen molar-refractivity contribution in [3.8, 4) is 22.3 Å². The average Bonchev–Trinajstić information content (AvgIpc) is 3.93. The number of hydrogen-bond donors (Lipinski definition) is 0. The summed E-state index contributed by atoms with van der Waals surface area (Å²) >= 11 is 0. The minimum atomic E-state index is -0.354. The molecule has 0 spiro atoms. The van der Waals surface area contributed by atoms with Crippen molar-refractivity contribution in [2.45, 2.75) is 149 Å². The van der Waals surface area contributed by atoms with E-state index in [0.717, 1.165) is 28.4 Å². The highest BCUT2D eigenvalue weighted by Crippen LogP contribution is 2.61. The van der Waals surface area contributed by atoms with Gasteiger partial charge in [0.1, 0.15) is 11.2 Å². The number of benzene rings is 7. The molecule has 0 saturated carbocycles. The third kappa shape index (κ3) is 6.09. The minimum Gasteiger partial charge on any atom is -0.455 e. The number of anilines is 2. The number of allylic oxidation sites excluding steroid dienone is 1. The van der Waals surface area contributed by atoms with Crippen molar-refractivity contribution in [2.24, 2.45) is 0 Å². The third-order valence-corrected chi connectivity index (χ3v) is 17.9. The van der Waals surface area contributed by atoms with Crippen molar-refractivity contribution >= 4 is 73.1 Å². The largest absolute Gasteiger partial charge is 0.455 e. The summed E-state index contributed by atoms with van der Waals surface area (Å²) in [5.41, 5.74) is 25.5. The van der Waals surface area contributed by atoms with E-state index < -0.39 is 0 Å². The Morgan fingerprint density at radius 2 is 1.11 bits per heavy atom. The van der Waals surface area contributed by atoms with Gasteiger partial charge in [-0.3, -0.25) is 0 Å². The fourth-order valence-electron chi connectivity index (χ4n) is 13.6. The van der Waals surface area contributed by atoms with Crippen LogP contribution in [0.4, 0.5) is 11.4 Å². The molecule has 4 heterocycles. The van der Waals surface area contributed by atoms with E-state index in [2.05, 4.69) is 235 Å². The van der Waals surface area contributed by atoms with Crippen LogP contribution in [0.1, 0.15) is 156 Å². The Morgan fingerprint density at radius 3 is 1.80 bits per heavy atom. The second kappa shape index (κ2) is 14.0. The summed E-state index contributed by atoms with van der Waals surface area (Å²) in [6.45, 7) is 36.1. The molecule has 2 aliphatic heterocycles. The van der Waals surface area contributed by atoms with Crippen LogP contribution in [0.15, 0.2) is 131 Å². The fraction of sp³-hybridized carbons (Fsp3) is 0.343. The van der Waals surface area contributed by atoms with Crippen molar-refractivity contribution in [2.75, 3.05) is 4.90 Å². The summed E-state index contributed by atoms with van der Waals surface area (Å²) in [6.07, 6.45) is 2.34. The van der Waals surface area contributed by atoms with E-state index >= 15 is 0 Å². The monoisotopic (exact) mass is 929 g/mol. The van der Waals surface area contributed by atoms with Crippen molar-refractivity contribution < 1.29 is 4.42 Å². The summed E-state index contributed by atoms with van der Waals surface area (Å²) < 4.78 is 10.1. The van der Waals surface area contributed by atoms with Crippen LogP contribution in [-0.2, 0) is 32.5 Å². The zero-order valence-electron chi connectivity index (χ0n) is 44.8. The molecule has 7 aromatic carbocycles. The number of fused-ring (bicyclic) bond motifs is 13. The molecule has 0 unspecified atom stereocenters. The molecular formula is C67H69BN2O. The van der Waals surface area contributed by atoms with Gasteiger partial charge in [-0.2, -0.15) is 0 Å². The van der Waals surface area contributed by atoms with Gasteiger partial charge in [-0.1, -0.05) is 171 Å². The van der Waals surface area contributed by atoms with Crippen LogP contribution in [0.25, 0.3) is 71.7 Å². The molecule has 2 aromatic heterocycles. The van der Waals surface area contributed by atoms with E-state index in [-0.39, 0.29) is 39.3 Å². The van der Waals surface area contributed by atoms with Gasteiger partial charge in [0.15, 0.2) is 0 Å². The minimum absolute atomic E-state index is 0.0143. The van der Waals surface area contributed by atoms with Gasteiger partial charge < -0.3 is 13.8 Å². The van der Waals surface area contributed by atoms with Crippen molar-refractivity contribution in [1.29, 1.82) is 0 Å². The normalized spacial score (nSPS) is 17.6. The first-order valence-corrected chi connectivity index (χ1v) is 26.4. The maximum absolute atomic E-state index is 7.31. The number of aromatic nitrogens is 1.